The van der Waals surface area contributed by atoms with Crippen LogP contribution in [0.25, 0.3) is 0 Å². The fourth-order valence-electron chi connectivity index (χ4n) is 5.75. The molecule has 32 heavy (non-hydrogen) atoms. The van der Waals surface area contributed by atoms with Crippen LogP contribution in [-0.2, 0) is 19.1 Å². The Morgan fingerprint density at radius 2 is 0.875 bits per heavy atom. The SMILES string of the molecule is CN1C(C)(C)CC(OC(=O)CCCCC(=O)OC2CC(C)(C)N(C)C(C)(C)C2)CC1(C)C. The van der Waals surface area contributed by atoms with Crippen LogP contribution in [0.1, 0.15) is 107 Å². The molecule has 0 unspecified atom stereocenters. The zero-order chi connectivity index (χ0) is 24.5. The van der Waals surface area contributed by atoms with Crippen molar-refractivity contribution in [2.75, 3.05) is 14.1 Å². The Morgan fingerprint density at radius 1 is 0.625 bits per heavy atom. The Hall–Kier alpha value is -1.14. The highest BCUT2D eigenvalue weighted by Gasteiger charge is 2.45. The Kier molecular flexibility index (Phi) is 8.14. The van der Waals surface area contributed by atoms with E-state index in [-0.39, 0.29) is 46.3 Å². The predicted molar refractivity (Wildman–Crippen MR) is 129 cm³/mol. The molecule has 0 N–H and O–H groups in total. The lowest BCUT2D eigenvalue weighted by atomic mass is 9.78. The lowest BCUT2D eigenvalue weighted by Gasteiger charge is -2.53. The molecule has 2 aliphatic rings. The highest BCUT2D eigenvalue weighted by Crippen LogP contribution is 2.39. The average Bonchev–Trinajstić information content (AvgIpc) is 2.60. The molecule has 2 heterocycles. The monoisotopic (exact) mass is 452 g/mol. The van der Waals surface area contributed by atoms with E-state index < -0.39 is 0 Å². The first-order valence-corrected chi connectivity index (χ1v) is 12.3. The summed E-state index contributed by atoms with van der Waals surface area (Å²) in [7, 11) is 4.29. The molecule has 2 rings (SSSR count). The van der Waals surface area contributed by atoms with Crippen molar-refractivity contribution in [2.45, 2.75) is 141 Å². The van der Waals surface area contributed by atoms with Gasteiger partial charge < -0.3 is 9.47 Å². The van der Waals surface area contributed by atoms with E-state index in [0.29, 0.717) is 25.7 Å². The quantitative estimate of drug-likeness (QED) is 0.403. The molecule has 0 aromatic carbocycles. The van der Waals surface area contributed by atoms with E-state index in [1.807, 2.05) is 0 Å². The maximum atomic E-state index is 12.4. The third kappa shape index (κ3) is 6.69. The second-order valence-electron chi connectivity index (χ2n) is 12.6. The van der Waals surface area contributed by atoms with Gasteiger partial charge >= 0.3 is 11.9 Å². The Labute approximate surface area is 196 Å². The minimum atomic E-state index is -0.154. The predicted octanol–water partition coefficient (Wildman–Crippen LogP) is 4.94. The number of carbonyl (C=O) groups excluding carboxylic acids is 2. The van der Waals surface area contributed by atoms with Crippen LogP contribution < -0.4 is 0 Å². The summed E-state index contributed by atoms with van der Waals surface area (Å²) in [6, 6.07) is 0. The van der Waals surface area contributed by atoms with Crippen molar-refractivity contribution >= 4 is 11.9 Å². The Morgan fingerprint density at radius 3 is 1.12 bits per heavy atom. The number of piperidine rings is 2. The van der Waals surface area contributed by atoms with E-state index >= 15 is 0 Å². The van der Waals surface area contributed by atoms with Crippen LogP contribution in [0, 0.1) is 0 Å². The topological polar surface area (TPSA) is 59.1 Å². The summed E-state index contributed by atoms with van der Waals surface area (Å²) in [6.07, 6.45) is 5.28. The van der Waals surface area contributed by atoms with Gasteiger partial charge in [-0.15, -0.1) is 0 Å². The molecule has 0 spiro atoms. The normalized spacial score (nSPS) is 25.9. The molecule has 0 atom stereocenters. The molecule has 6 heteroatoms. The van der Waals surface area contributed by atoms with Crippen molar-refractivity contribution in [3.05, 3.63) is 0 Å². The second kappa shape index (κ2) is 9.61. The number of esters is 2. The maximum Gasteiger partial charge on any atom is 0.306 e. The third-order valence-corrected chi connectivity index (χ3v) is 8.15. The molecule has 0 saturated carbocycles. The zero-order valence-electron chi connectivity index (χ0n) is 22.3. The number of nitrogens with zero attached hydrogens (tertiary/aromatic N) is 2. The number of hydrogen-bond donors (Lipinski definition) is 0. The molecular formula is C26H48N2O4. The van der Waals surface area contributed by atoms with Gasteiger partial charge in [0.2, 0.25) is 0 Å². The minimum absolute atomic E-state index is 0.00644. The first-order valence-electron chi connectivity index (χ1n) is 12.3. The van der Waals surface area contributed by atoms with Gasteiger partial charge in [0.05, 0.1) is 0 Å². The summed E-state index contributed by atoms with van der Waals surface area (Å²) in [5, 5.41) is 0. The fourth-order valence-corrected chi connectivity index (χ4v) is 5.75. The molecule has 0 radical (unpaired) electrons. The van der Waals surface area contributed by atoms with Crippen molar-refractivity contribution in [3.63, 3.8) is 0 Å². The summed E-state index contributed by atoms with van der Waals surface area (Å²) < 4.78 is 11.6. The molecule has 2 saturated heterocycles. The summed E-state index contributed by atoms with van der Waals surface area (Å²) in [4.78, 5) is 29.5. The van der Waals surface area contributed by atoms with E-state index in [0.717, 1.165) is 25.7 Å². The maximum absolute atomic E-state index is 12.4. The molecule has 0 amide bonds. The van der Waals surface area contributed by atoms with Crippen molar-refractivity contribution in [1.29, 1.82) is 0 Å². The van der Waals surface area contributed by atoms with Crippen molar-refractivity contribution in [3.8, 4) is 0 Å². The minimum Gasteiger partial charge on any atom is -0.462 e. The Balaban J connectivity index is 1.71. The number of likely N-dealkylation sites (tertiary alicyclic amines) is 2. The highest BCUT2D eigenvalue weighted by atomic mass is 16.5. The second-order valence-corrected chi connectivity index (χ2v) is 12.6. The van der Waals surface area contributed by atoms with Gasteiger partial charge in [0.25, 0.3) is 0 Å². The van der Waals surface area contributed by atoms with Crippen LogP contribution in [0.15, 0.2) is 0 Å². The zero-order valence-corrected chi connectivity index (χ0v) is 22.3. The molecule has 0 aromatic rings. The lowest BCUT2D eigenvalue weighted by Crippen LogP contribution is -2.60. The molecule has 0 aliphatic carbocycles. The van der Waals surface area contributed by atoms with E-state index in [9.17, 15) is 9.59 Å². The Bertz CT molecular complexity index is 589. The molecule has 2 fully saturated rings. The van der Waals surface area contributed by atoms with Crippen LogP contribution in [0.3, 0.4) is 0 Å². The number of hydrogen-bond acceptors (Lipinski definition) is 6. The van der Waals surface area contributed by atoms with Gasteiger partial charge in [-0.25, -0.2) is 0 Å². The van der Waals surface area contributed by atoms with Crippen molar-refractivity contribution in [1.82, 2.24) is 9.80 Å². The van der Waals surface area contributed by atoms with Crippen LogP contribution in [0.2, 0.25) is 0 Å². The van der Waals surface area contributed by atoms with Crippen LogP contribution >= 0.6 is 0 Å². The van der Waals surface area contributed by atoms with Crippen molar-refractivity contribution < 1.29 is 19.1 Å². The van der Waals surface area contributed by atoms with E-state index in [4.69, 9.17) is 9.47 Å². The van der Waals surface area contributed by atoms with Crippen LogP contribution in [-0.4, -0.2) is 70.2 Å². The van der Waals surface area contributed by atoms with Crippen LogP contribution in [0.5, 0.6) is 0 Å². The number of rotatable bonds is 7. The smallest absolute Gasteiger partial charge is 0.306 e. The third-order valence-electron chi connectivity index (χ3n) is 8.15. The van der Waals surface area contributed by atoms with Gasteiger partial charge in [-0.1, -0.05) is 0 Å². The van der Waals surface area contributed by atoms with Gasteiger partial charge in [0.15, 0.2) is 0 Å². The van der Waals surface area contributed by atoms with Gasteiger partial charge in [0, 0.05) is 60.7 Å². The van der Waals surface area contributed by atoms with Gasteiger partial charge in [-0.2, -0.15) is 0 Å². The van der Waals surface area contributed by atoms with Crippen molar-refractivity contribution in [2.24, 2.45) is 0 Å². The molecule has 0 aromatic heterocycles. The summed E-state index contributed by atoms with van der Waals surface area (Å²) >= 11 is 0. The summed E-state index contributed by atoms with van der Waals surface area (Å²) in [5.41, 5.74) is -0.0257. The number of unbranched alkanes of at least 4 members (excludes halogenated alkanes) is 1. The van der Waals surface area contributed by atoms with Gasteiger partial charge in [0.1, 0.15) is 12.2 Å². The fraction of sp³-hybridized carbons (Fsp3) is 0.923. The standard InChI is InChI=1S/C26H48N2O4/c1-23(2)15-19(16-24(3,4)27(23)9)31-21(29)13-11-12-14-22(30)32-20-17-25(5,6)28(10)26(7,8)18-20/h19-20H,11-18H2,1-10H3. The molecular weight excluding hydrogens is 404 g/mol. The number of carbonyl (C=O) groups is 2. The average molecular weight is 453 g/mol. The summed E-state index contributed by atoms with van der Waals surface area (Å²) in [5.74, 6) is -0.309. The first-order chi connectivity index (χ1) is 14.5. The van der Waals surface area contributed by atoms with E-state index in [2.05, 4.69) is 79.3 Å². The van der Waals surface area contributed by atoms with E-state index in [1.54, 1.807) is 0 Å². The molecule has 2 aliphatic heterocycles. The van der Waals surface area contributed by atoms with Gasteiger partial charge in [-0.05, 0) is 82.3 Å². The molecule has 0 bridgehead atoms. The summed E-state index contributed by atoms with van der Waals surface area (Å²) in [6.45, 7) is 17.6. The van der Waals surface area contributed by atoms with Crippen LogP contribution in [0.4, 0.5) is 0 Å². The molecule has 186 valence electrons. The lowest BCUT2D eigenvalue weighted by molar-refractivity contribution is -0.161. The molecule has 6 nitrogen and oxygen atoms in total. The van der Waals surface area contributed by atoms with E-state index in [1.165, 1.54) is 0 Å². The largest absolute Gasteiger partial charge is 0.462 e. The first kappa shape index (κ1) is 27.1. The highest BCUT2D eigenvalue weighted by molar-refractivity contribution is 5.71. The van der Waals surface area contributed by atoms with Gasteiger partial charge in [-0.3, -0.25) is 19.4 Å². The number of ether oxygens (including phenoxy) is 2.